The lowest BCUT2D eigenvalue weighted by Crippen LogP contribution is -2.32. The van der Waals surface area contributed by atoms with Gasteiger partial charge in [0.2, 0.25) is 0 Å². The monoisotopic (exact) mass is 234 g/mol. The maximum atomic E-state index is 11.9. The highest BCUT2D eigenvalue weighted by molar-refractivity contribution is 5.74. The van der Waals surface area contributed by atoms with Gasteiger partial charge < -0.3 is 9.47 Å². The summed E-state index contributed by atoms with van der Waals surface area (Å²) < 4.78 is 10.6. The molecule has 0 amide bonds. The highest BCUT2D eigenvalue weighted by atomic mass is 16.5. The van der Waals surface area contributed by atoms with Crippen molar-refractivity contribution in [2.45, 2.75) is 19.3 Å². The third-order valence-electron chi connectivity index (χ3n) is 3.17. The van der Waals surface area contributed by atoms with Gasteiger partial charge in [-0.1, -0.05) is 30.3 Å². The summed E-state index contributed by atoms with van der Waals surface area (Å²) in [6.07, 6.45) is 0.748. The Hall–Kier alpha value is -1.35. The summed E-state index contributed by atoms with van der Waals surface area (Å²) in [6.45, 7) is 3.53. The van der Waals surface area contributed by atoms with Crippen molar-refractivity contribution in [3.05, 3.63) is 35.9 Å². The van der Waals surface area contributed by atoms with Crippen molar-refractivity contribution in [1.82, 2.24) is 0 Å². The Morgan fingerprint density at radius 1 is 1.41 bits per heavy atom. The standard InChI is InChI=1S/C14H18O3/c1-2-17-14(15)12-8-9-16-10-13(12)11-6-4-3-5-7-11/h3-7,12-13H,2,8-10H2,1H3/t12-,13+/m1/s1. The molecule has 0 aliphatic carbocycles. The van der Waals surface area contributed by atoms with Crippen molar-refractivity contribution in [3.63, 3.8) is 0 Å². The van der Waals surface area contributed by atoms with E-state index in [4.69, 9.17) is 9.47 Å². The van der Waals surface area contributed by atoms with Gasteiger partial charge in [0.25, 0.3) is 0 Å². The largest absolute Gasteiger partial charge is 0.466 e. The quantitative estimate of drug-likeness (QED) is 0.753. The van der Waals surface area contributed by atoms with Crippen LogP contribution in [0.2, 0.25) is 0 Å². The molecule has 0 N–H and O–H groups in total. The first kappa shape index (κ1) is 12.1. The molecule has 1 aromatic rings. The molecule has 0 aromatic heterocycles. The Labute approximate surface area is 102 Å². The van der Waals surface area contributed by atoms with Crippen molar-refractivity contribution in [1.29, 1.82) is 0 Å². The van der Waals surface area contributed by atoms with Crippen molar-refractivity contribution in [2.24, 2.45) is 5.92 Å². The maximum absolute atomic E-state index is 11.9. The van der Waals surface area contributed by atoms with Gasteiger partial charge in [-0.3, -0.25) is 4.79 Å². The molecule has 2 atom stereocenters. The van der Waals surface area contributed by atoms with Gasteiger partial charge in [0, 0.05) is 12.5 Å². The zero-order chi connectivity index (χ0) is 12.1. The fourth-order valence-electron chi connectivity index (χ4n) is 2.30. The number of benzene rings is 1. The van der Waals surface area contributed by atoms with Gasteiger partial charge in [0.05, 0.1) is 19.1 Å². The molecular weight excluding hydrogens is 216 g/mol. The molecule has 1 fully saturated rings. The molecule has 0 unspecified atom stereocenters. The zero-order valence-corrected chi connectivity index (χ0v) is 10.1. The number of esters is 1. The predicted octanol–water partition coefficient (Wildman–Crippen LogP) is 2.37. The van der Waals surface area contributed by atoms with E-state index in [1.807, 2.05) is 37.3 Å². The molecule has 92 valence electrons. The third kappa shape index (κ3) is 2.86. The van der Waals surface area contributed by atoms with Crippen LogP contribution in [0.5, 0.6) is 0 Å². The van der Waals surface area contributed by atoms with Crippen LogP contribution in [-0.2, 0) is 14.3 Å². The first-order valence-electron chi connectivity index (χ1n) is 6.12. The van der Waals surface area contributed by atoms with E-state index in [2.05, 4.69) is 0 Å². The van der Waals surface area contributed by atoms with Crippen LogP contribution in [-0.4, -0.2) is 25.8 Å². The second-order valence-corrected chi connectivity index (χ2v) is 4.24. The topological polar surface area (TPSA) is 35.5 Å². The highest BCUT2D eigenvalue weighted by Crippen LogP contribution is 2.32. The van der Waals surface area contributed by atoms with Gasteiger partial charge in [0.15, 0.2) is 0 Å². The lowest BCUT2D eigenvalue weighted by atomic mass is 9.83. The Balaban J connectivity index is 2.15. The van der Waals surface area contributed by atoms with Crippen LogP contribution in [0.4, 0.5) is 0 Å². The molecule has 1 heterocycles. The normalized spacial score (nSPS) is 24.3. The van der Waals surface area contributed by atoms with Gasteiger partial charge in [-0.25, -0.2) is 0 Å². The minimum Gasteiger partial charge on any atom is -0.466 e. The van der Waals surface area contributed by atoms with E-state index in [0.717, 1.165) is 12.0 Å². The molecule has 1 aliphatic rings. The number of carbonyl (C=O) groups is 1. The molecule has 3 nitrogen and oxygen atoms in total. The molecular formula is C14H18O3. The summed E-state index contributed by atoms with van der Waals surface area (Å²) >= 11 is 0. The summed E-state index contributed by atoms with van der Waals surface area (Å²) in [5.74, 6) is -0.0280. The van der Waals surface area contributed by atoms with E-state index in [-0.39, 0.29) is 17.8 Å². The summed E-state index contributed by atoms with van der Waals surface area (Å²) in [5.41, 5.74) is 1.16. The SMILES string of the molecule is CCOC(=O)[C@@H]1CCOC[C@H]1c1ccccc1. The third-order valence-corrected chi connectivity index (χ3v) is 3.17. The molecule has 1 aromatic carbocycles. The van der Waals surface area contributed by atoms with Crippen molar-refractivity contribution >= 4 is 5.97 Å². The Kier molecular flexibility index (Phi) is 4.15. The lowest BCUT2D eigenvalue weighted by Gasteiger charge is -2.30. The Morgan fingerprint density at radius 2 is 2.18 bits per heavy atom. The van der Waals surface area contributed by atoms with Gasteiger partial charge in [0.1, 0.15) is 0 Å². The average Bonchev–Trinajstić information content (AvgIpc) is 2.40. The molecule has 2 rings (SSSR count). The fraction of sp³-hybridized carbons (Fsp3) is 0.500. The highest BCUT2D eigenvalue weighted by Gasteiger charge is 2.33. The minimum absolute atomic E-state index is 0.0638. The number of carbonyl (C=O) groups excluding carboxylic acids is 1. The van der Waals surface area contributed by atoms with Crippen LogP contribution in [0.3, 0.4) is 0 Å². The molecule has 0 saturated carbocycles. The van der Waals surface area contributed by atoms with Crippen LogP contribution >= 0.6 is 0 Å². The van der Waals surface area contributed by atoms with E-state index >= 15 is 0 Å². The van der Waals surface area contributed by atoms with Crippen LogP contribution in [0.25, 0.3) is 0 Å². The Bertz CT molecular complexity index is 361. The molecule has 1 aliphatic heterocycles. The zero-order valence-electron chi connectivity index (χ0n) is 10.1. The van der Waals surface area contributed by atoms with E-state index in [0.29, 0.717) is 19.8 Å². The fourth-order valence-corrected chi connectivity index (χ4v) is 2.30. The van der Waals surface area contributed by atoms with Crippen molar-refractivity contribution < 1.29 is 14.3 Å². The smallest absolute Gasteiger partial charge is 0.309 e. The minimum atomic E-state index is -0.0929. The van der Waals surface area contributed by atoms with Gasteiger partial charge in [-0.15, -0.1) is 0 Å². The van der Waals surface area contributed by atoms with Gasteiger partial charge >= 0.3 is 5.97 Å². The molecule has 1 saturated heterocycles. The molecule has 3 heteroatoms. The second-order valence-electron chi connectivity index (χ2n) is 4.24. The van der Waals surface area contributed by atoms with Crippen molar-refractivity contribution in [3.8, 4) is 0 Å². The molecule has 0 bridgehead atoms. The first-order chi connectivity index (χ1) is 8.33. The van der Waals surface area contributed by atoms with Crippen LogP contribution in [0.15, 0.2) is 30.3 Å². The molecule has 0 radical (unpaired) electrons. The van der Waals surface area contributed by atoms with Gasteiger partial charge in [-0.2, -0.15) is 0 Å². The summed E-state index contributed by atoms with van der Waals surface area (Å²) in [6, 6.07) is 10.1. The average molecular weight is 234 g/mol. The van der Waals surface area contributed by atoms with E-state index < -0.39 is 0 Å². The summed E-state index contributed by atoms with van der Waals surface area (Å²) in [7, 11) is 0. The molecule has 0 spiro atoms. The Morgan fingerprint density at radius 3 is 2.88 bits per heavy atom. The van der Waals surface area contributed by atoms with E-state index in [9.17, 15) is 4.79 Å². The lowest BCUT2D eigenvalue weighted by molar-refractivity contribution is -0.152. The predicted molar refractivity (Wildman–Crippen MR) is 64.7 cm³/mol. The first-order valence-corrected chi connectivity index (χ1v) is 6.12. The van der Waals surface area contributed by atoms with E-state index in [1.165, 1.54) is 0 Å². The van der Waals surface area contributed by atoms with Crippen molar-refractivity contribution in [2.75, 3.05) is 19.8 Å². The molecule has 17 heavy (non-hydrogen) atoms. The summed E-state index contributed by atoms with van der Waals surface area (Å²) in [5, 5.41) is 0. The number of ether oxygens (including phenoxy) is 2. The maximum Gasteiger partial charge on any atom is 0.309 e. The van der Waals surface area contributed by atoms with Crippen LogP contribution in [0, 0.1) is 5.92 Å². The van der Waals surface area contributed by atoms with Crippen LogP contribution < -0.4 is 0 Å². The summed E-state index contributed by atoms with van der Waals surface area (Å²) in [4.78, 5) is 11.9. The van der Waals surface area contributed by atoms with E-state index in [1.54, 1.807) is 0 Å². The second kappa shape index (κ2) is 5.82. The van der Waals surface area contributed by atoms with Crippen LogP contribution in [0.1, 0.15) is 24.8 Å². The number of hydrogen-bond acceptors (Lipinski definition) is 3. The van der Waals surface area contributed by atoms with Gasteiger partial charge in [-0.05, 0) is 18.9 Å². The number of rotatable bonds is 3. The number of hydrogen-bond donors (Lipinski definition) is 0.